The van der Waals surface area contributed by atoms with Gasteiger partial charge in [0.25, 0.3) is 9.05 Å². The first kappa shape index (κ1) is 10.5. The molecule has 0 aliphatic carbocycles. The minimum atomic E-state index is -4.01. The smallest absolute Gasteiger partial charge is 0.224 e. The molecule has 7 heteroatoms. The molecule has 0 spiro atoms. The first-order valence-corrected chi connectivity index (χ1v) is 5.55. The minimum absolute atomic E-state index is 0.0239. The molecular weight excluding hydrogens is 226 g/mol. The molecule has 0 N–H and O–H groups in total. The van der Waals surface area contributed by atoms with Gasteiger partial charge in [0.05, 0.1) is 11.6 Å². The SMILES string of the molecule is N#Cc1cc(C#N)nc(S(=O)(=O)Cl)c1. The number of nitriles is 2. The number of hydrogen-bond donors (Lipinski definition) is 0. The zero-order chi connectivity index (χ0) is 10.8. The van der Waals surface area contributed by atoms with Crippen LogP contribution < -0.4 is 0 Å². The molecule has 0 fully saturated rings. The van der Waals surface area contributed by atoms with E-state index in [4.69, 9.17) is 21.2 Å². The second kappa shape index (κ2) is 3.62. The summed E-state index contributed by atoms with van der Waals surface area (Å²) in [6.45, 7) is 0. The van der Waals surface area contributed by atoms with Crippen molar-refractivity contribution in [1.82, 2.24) is 4.98 Å². The van der Waals surface area contributed by atoms with Gasteiger partial charge in [0.15, 0.2) is 5.03 Å². The lowest BCUT2D eigenvalue weighted by molar-refractivity contribution is 0.606. The molecule has 0 saturated heterocycles. The highest BCUT2D eigenvalue weighted by Gasteiger charge is 2.14. The van der Waals surface area contributed by atoms with Crippen molar-refractivity contribution < 1.29 is 8.42 Å². The number of rotatable bonds is 1. The molecule has 1 rings (SSSR count). The van der Waals surface area contributed by atoms with Crippen molar-refractivity contribution in [3.63, 3.8) is 0 Å². The molecular formula is C7H2ClN3O2S. The van der Waals surface area contributed by atoms with Gasteiger partial charge < -0.3 is 0 Å². The Hall–Kier alpha value is -1.63. The van der Waals surface area contributed by atoms with Crippen molar-refractivity contribution in [3.05, 3.63) is 23.4 Å². The van der Waals surface area contributed by atoms with Crippen LogP contribution in [0.2, 0.25) is 0 Å². The van der Waals surface area contributed by atoms with Crippen LogP contribution in [-0.2, 0) is 9.05 Å². The molecule has 0 bridgehead atoms. The van der Waals surface area contributed by atoms with Crippen LogP contribution in [0.1, 0.15) is 11.3 Å². The Bertz CT molecular complexity index is 521. The van der Waals surface area contributed by atoms with Crippen LogP contribution >= 0.6 is 10.7 Å². The normalized spacial score (nSPS) is 10.2. The lowest BCUT2D eigenvalue weighted by atomic mass is 10.2. The molecule has 0 aliphatic rings. The van der Waals surface area contributed by atoms with E-state index in [0.717, 1.165) is 6.07 Å². The van der Waals surface area contributed by atoms with Crippen molar-refractivity contribution in [3.8, 4) is 12.1 Å². The summed E-state index contributed by atoms with van der Waals surface area (Å²) in [4.78, 5) is 3.44. The van der Waals surface area contributed by atoms with E-state index in [9.17, 15) is 8.42 Å². The minimum Gasteiger partial charge on any atom is -0.224 e. The third-order valence-corrected chi connectivity index (χ3v) is 2.48. The highest BCUT2D eigenvalue weighted by molar-refractivity contribution is 8.13. The van der Waals surface area contributed by atoms with Gasteiger partial charge in [-0.15, -0.1) is 0 Å². The van der Waals surface area contributed by atoms with E-state index in [1.54, 1.807) is 12.1 Å². The fourth-order valence-corrected chi connectivity index (χ4v) is 1.46. The summed E-state index contributed by atoms with van der Waals surface area (Å²) in [6.07, 6.45) is 0. The zero-order valence-corrected chi connectivity index (χ0v) is 8.17. The number of aromatic nitrogens is 1. The van der Waals surface area contributed by atoms with Crippen molar-refractivity contribution in [2.45, 2.75) is 5.03 Å². The monoisotopic (exact) mass is 227 g/mol. The van der Waals surface area contributed by atoms with Gasteiger partial charge in [-0.25, -0.2) is 13.4 Å². The molecule has 0 aromatic carbocycles. The van der Waals surface area contributed by atoms with E-state index in [0.29, 0.717) is 0 Å². The molecule has 14 heavy (non-hydrogen) atoms. The average Bonchev–Trinajstić information content (AvgIpc) is 2.15. The van der Waals surface area contributed by atoms with Gasteiger partial charge in [0.2, 0.25) is 0 Å². The summed E-state index contributed by atoms with van der Waals surface area (Å²) in [5, 5.41) is 16.5. The molecule has 1 heterocycles. The predicted molar refractivity (Wildman–Crippen MR) is 46.7 cm³/mol. The van der Waals surface area contributed by atoms with Gasteiger partial charge in [-0.2, -0.15) is 10.5 Å². The maximum Gasteiger partial charge on any atom is 0.278 e. The van der Waals surface area contributed by atoms with Crippen LogP contribution in [0.25, 0.3) is 0 Å². The highest BCUT2D eigenvalue weighted by atomic mass is 35.7. The second-order valence-corrected chi connectivity index (χ2v) is 4.75. The maximum atomic E-state index is 10.9. The molecule has 0 aliphatic heterocycles. The first-order valence-electron chi connectivity index (χ1n) is 3.24. The summed E-state index contributed by atoms with van der Waals surface area (Å²) >= 11 is 0. The van der Waals surface area contributed by atoms with Crippen LogP contribution in [-0.4, -0.2) is 13.4 Å². The number of pyridine rings is 1. The topological polar surface area (TPSA) is 94.6 Å². The maximum absolute atomic E-state index is 10.9. The predicted octanol–water partition coefficient (Wildman–Crippen LogP) is 0.752. The molecule has 0 saturated carbocycles. The van der Waals surface area contributed by atoms with Crippen molar-refractivity contribution >= 4 is 19.7 Å². The van der Waals surface area contributed by atoms with Gasteiger partial charge in [0.1, 0.15) is 11.8 Å². The van der Waals surface area contributed by atoms with E-state index in [2.05, 4.69) is 4.98 Å². The number of nitrogens with zero attached hydrogens (tertiary/aromatic N) is 3. The molecule has 5 nitrogen and oxygen atoms in total. The van der Waals surface area contributed by atoms with Crippen LogP contribution in [0.15, 0.2) is 17.2 Å². The lowest BCUT2D eigenvalue weighted by Crippen LogP contribution is -1.98. The van der Waals surface area contributed by atoms with Gasteiger partial charge in [-0.05, 0) is 12.1 Å². The van der Waals surface area contributed by atoms with E-state index in [1.807, 2.05) is 0 Å². The third-order valence-electron chi connectivity index (χ3n) is 1.30. The quantitative estimate of drug-likeness (QED) is 0.660. The van der Waals surface area contributed by atoms with Gasteiger partial charge in [-0.1, -0.05) is 0 Å². The molecule has 0 radical (unpaired) electrons. The Morgan fingerprint density at radius 3 is 2.36 bits per heavy atom. The van der Waals surface area contributed by atoms with Crippen molar-refractivity contribution in [1.29, 1.82) is 10.5 Å². The standard InChI is InChI=1S/C7H2ClN3O2S/c8-14(12,13)7-2-5(3-9)1-6(4-10)11-7/h1-2H. The fraction of sp³-hybridized carbons (Fsp3) is 0. The van der Waals surface area contributed by atoms with Crippen molar-refractivity contribution in [2.75, 3.05) is 0 Å². The molecule has 0 atom stereocenters. The molecule has 0 unspecified atom stereocenters. The van der Waals surface area contributed by atoms with E-state index >= 15 is 0 Å². The van der Waals surface area contributed by atoms with Crippen LogP contribution in [0.3, 0.4) is 0 Å². The van der Waals surface area contributed by atoms with Gasteiger partial charge in [0, 0.05) is 10.7 Å². The molecule has 0 amide bonds. The largest absolute Gasteiger partial charge is 0.278 e. The second-order valence-electron chi connectivity index (χ2n) is 2.24. The lowest BCUT2D eigenvalue weighted by Gasteiger charge is -1.96. The van der Waals surface area contributed by atoms with E-state index in [1.165, 1.54) is 6.07 Å². The van der Waals surface area contributed by atoms with Gasteiger partial charge in [-0.3, -0.25) is 0 Å². The summed E-state index contributed by atoms with van der Waals surface area (Å²) in [5.74, 6) is 0. The zero-order valence-electron chi connectivity index (χ0n) is 6.60. The van der Waals surface area contributed by atoms with Crippen LogP contribution in [0.5, 0.6) is 0 Å². The van der Waals surface area contributed by atoms with E-state index < -0.39 is 14.1 Å². The summed E-state index contributed by atoms with van der Waals surface area (Å²) in [6, 6.07) is 5.50. The number of hydrogen-bond acceptors (Lipinski definition) is 5. The average molecular weight is 228 g/mol. The van der Waals surface area contributed by atoms with Gasteiger partial charge >= 0.3 is 0 Å². The fourth-order valence-electron chi connectivity index (χ4n) is 0.752. The Balaban J connectivity index is 3.51. The summed E-state index contributed by atoms with van der Waals surface area (Å²) in [5.41, 5.74) is -0.140. The Morgan fingerprint density at radius 1 is 1.29 bits per heavy atom. The number of halogens is 1. The Kier molecular flexibility index (Phi) is 2.70. The first-order chi connectivity index (χ1) is 6.47. The summed E-state index contributed by atoms with van der Waals surface area (Å²) < 4.78 is 21.7. The van der Waals surface area contributed by atoms with Crippen LogP contribution in [0, 0.1) is 22.7 Å². The third kappa shape index (κ3) is 2.19. The molecule has 1 aromatic rings. The van der Waals surface area contributed by atoms with Crippen molar-refractivity contribution in [2.24, 2.45) is 0 Å². The van der Waals surface area contributed by atoms with Crippen LogP contribution in [0.4, 0.5) is 0 Å². The Morgan fingerprint density at radius 2 is 1.93 bits per heavy atom. The Labute approximate surface area is 84.6 Å². The highest BCUT2D eigenvalue weighted by Crippen LogP contribution is 2.14. The summed E-state index contributed by atoms with van der Waals surface area (Å²) in [7, 11) is 0.998. The molecule has 70 valence electrons. The molecule has 1 aromatic heterocycles. The van der Waals surface area contributed by atoms with E-state index in [-0.39, 0.29) is 11.3 Å².